The lowest BCUT2D eigenvalue weighted by atomic mass is 10.1. The van der Waals surface area contributed by atoms with E-state index in [-0.39, 0.29) is 18.1 Å². The number of rotatable bonds is 4. The van der Waals surface area contributed by atoms with Gasteiger partial charge in [-0.15, -0.1) is 0 Å². The first-order chi connectivity index (χ1) is 8.66. The van der Waals surface area contributed by atoms with Gasteiger partial charge in [0.15, 0.2) is 23.2 Å². The molecule has 0 radical (unpaired) electrons. The molecule has 0 aliphatic carbocycles. The Morgan fingerprint density at radius 1 is 1.33 bits per heavy atom. The number of ketones is 1. The van der Waals surface area contributed by atoms with E-state index >= 15 is 0 Å². The average molecular weight is 246 g/mol. The van der Waals surface area contributed by atoms with Gasteiger partial charge in [-0.25, -0.2) is 14.4 Å². The van der Waals surface area contributed by atoms with E-state index in [4.69, 9.17) is 4.74 Å². The van der Waals surface area contributed by atoms with E-state index in [0.717, 1.165) is 6.07 Å². The highest BCUT2D eigenvalue weighted by atomic mass is 19.1. The first-order valence-corrected chi connectivity index (χ1v) is 5.36. The monoisotopic (exact) mass is 246 g/mol. The van der Waals surface area contributed by atoms with Crippen LogP contribution in [-0.4, -0.2) is 15.8 Å². The van der Waals surface area contributed by atoms with Crippen LogP contribution in [0.2, 0.25) is 0 Å². The van der Waals surface area contributed by atoms with Crippen molar-refractivity contribution in [2.24, 2.45) is 0 Å². The number of benzene rings is 1. The molecule has 2 aromatic rings. The van der Waals surface area contributed by atoms with E-state index in [1.165, 1.54) is 19.1 Å². The standard InChI is InChI=1S/C13H11FN2O2/c1-9(17)10-3-4-12(11(14)7-10)18-8-13-15-5-2-6-16-13/h2-7H,8H2,1H3. The van der Waals surface area contributed by atoms with Gasteiger partial charge in [-0.1, -0.05) is 0 Å². The maximum atomic E-state index is 13.6. The fraction of sp³-hybridized carbons (Fsp3) is 0.154. The minimum absolute atomic E-state index is 0.0763. The van der Waals surface area contributed by atoms with Crippen molar-refractivity contribution in [2.45, 2.75) is 13.5 Å². The maximum absolute atomic E-state index is 13.6. The lowest BCUT2D eigenvalue weighted by Crippen LogP contribution is -2.02. The van der Waals surface area contributed by atoms with Crippen LogP contribution in [-0.2, 0) is 6.61 Å². The van der Waals surface area contributed by atoms with Crippen LogP contribution < -0.4 is 4.74 Å². The average Bonchev–Trinajstić information content (AvgIpc) is 2.38. The summed E-state index contributed by atoms with van der Waals surface area (Å²) in [5.41, 5.74) is 0.316. The zero-order valence-corrected chi connectivity index (χ0v) is 9.76. The molecule has 2 rings (SSSR count). The minimum Gasteiger partial charge on any atom is -0.483 e. The predicted molar refractivity (Wildman–Crippen MR) is 62.8 cm³/mol. The van der Waals surface area contributed by atoms with E-state index in [1.807, 2.05) is 0 Å². The Hall–Kier alpha value is -2.30. The Morgan fingerprint density at radius 2 is 2.06 bits per heavy atom. The van der Waals surface area contributed by atoms with E-state index < -0.39 is 5.82 Å². The van der Waals surface area contributed by atoms with E-state index in [9.17, 15) is 9.18 Å². The topological polar surface area (TPSA) is 52.1 Å². The number of hydrogen-bond acceptors (Lipinski definition) is 4. The molecule has 1 aromatic carbocycles. The number of carbonyl (C=O) groups excluding carboxylic acids is 1. The molecule has 0 aliphatic heterocycles. The molecule has 92 valence electrons. The Balaban J connectivity index is 2.08. The highest BCUT2D eigenvalue weighted by Crippen LogP contribution is 2.19. The van der Waals surface area contributed by atoms with Gasteiger partial charge in [0.25, 0.3) is 0 Å². The number of aromatic nitrogens is 2. The second-order valence-corrected chi connectivity index (χ2v) is 3.66. The van der Waals surface area contributed by atoms with Gasteiger partial charge in [-0.05, 0) is 31.2 Å². The molecule has 0 unspecified atom stereocenters. The van der Waals surface area contributed by atoms with Gasteiger partial charge < -0.3 is 4.74 Å². The van der Waals surface area contributed by atoms with E-state index in [1.54, 1.807) is 18.5 Å². The highest BCUT2D eigenvalue weighted by Gasteiger charge is 2.08. The van der Waals surface area contributed by atoms with Gasteiger partial charge in [0.05, 0.1) is 0 Å². The Bertz CT molecular complexity index is 558. The minimum atomic E-state index is -0.571. The first kappa shape index (κ1) is 12.2. The van der Waals surface area contributed by atoms with E-state index in [0.29, 0.717) is 11.4 Å². The quantitative estimate of drug-likeness (QED) is 0.777. The molecule has 0 bridgehead atoms. The van der Waals surface area contributed by atoms with Gasteiger partial charge >= 0.3 is 0 Å². The summed E-state index contributed by atoms with van der Waals surface area (Å²) in [5, 5.41) is 0. The fourth-order valence-electron chi connectivity index (χ4n) is 1.38. The second-order valence-electron chi connectivity index (χ2n) is 3.66. The largest absolute Gasteiger partial charge is 0.483 e. The molecule has 0 saturated heterocycles. The summed E-state index contributed by atoms with van der Waals surface area (Å²) in [6.07, 6.45) is 3.17. The summed E-state index contributed by atoms with van der Waals surface area (Å²) in [6.45, 7) is 1.46. The van der Waals surface area contributed by atoms with Crippen LogP contribution >= 0.6 is 0 Å². The van der Waals surface area contributed by atoms with Crippen LogP contribution in [0.25, 0.3) is 0 Å². The SMILES string of the molecule is CC(=O)c1ccc(OCc2ncccn2)c(F)c1. The zero-order valence-electron chi connectivity index (χ0n) is 9.76. The van der Waals surface area contributed by atoms with Crippen molar-refractivity contribution in [1.82, 2.24) is 9.97 Å². The molecule has 0 aliphatic rings. The van der Waals surface area contributed by atoms with Gasteiger partial charge in [0.1, 0.15) is 6.61 Å². The van der Waals surface area contributed by atoms with Crippen LogP contribution in [0.4, 0.5) is 4.39 Å². The second kappa shape index (κ2) is 5.35. The molecule has 0 saturated carbocycles. The third kappa shape index (κ3) is 2.88. The van der Waals surface area contributed by atoms with Crippen LogP contribution in [0.15, 0.2) is 36.7 Å². The van der Waals surface area contributed by atoms with Crippen LogP contribution in [0.3, 0.4) is 0 Å². The number of ether oxygens (including phenoxy) is 1. The molecule has 1 heterocycles. The van der Waals surface area contributed by atoms with Gasteiger partial charge in [-0.2, -0.15) is 0 Å². The third-order valence-electron chi connectivity index (χ3n) is 2.31. The Morgan fingerprint density at radius 3 is 2.67 bits per heavy atom. The van der Waals surface area contributed by atoms with Crippen LogP contribution in [0, 0.1) is 5.82 Å². The van der Waals surface area contributed by atoms with Gasteiger partial charge in [0, 0.05) is 18.0 Å². The lowest BCUT2D eigenvalue weighted by molar-refractivity contribution is 0.101. The molecular formula is C13H11FN2O2. The number of hydrogen-bond donors (Lipinski definition) is 0. The number of carbonyl (C=O) groups is 1. The fourth-order valence-corrected chi connectivity index (χ4v) is 1.38. The van der Waals surface area contributed by atoms with Gasteiger partial charge in [-0.3, -0.25) is 4.79 Å². The van der Waals surface area contributed by atoms with Crippen LogP contribution in [0.5, 0.6) is 5.75 Å². The summed E-state index contributed by atoms with van der Waals surface area (Å²) in [7, 11) is 0. The molecule has 0 spiro atoms. The number of nitrogens with zero attached hydrogens (tertiary/aromatic N) is 2. The Labute approximate surface area is 103 Å². The summed E-state index contributed by atoms with van der Waals surface area (Å²) in [5.74, 6) is -0.217. The van der Waals surface area contributed by atoms with Gasteiger partial charge in [0.2, 0.25) is 0 Å². The van der Waals surface area contributed by atoms with Crippen molar-refractivity contribution in [3.63, 3.8) is 0 Å². The van der Waals surface area contributed by atoms with Crippen molar-refractivity contribution in [3.05, 3.63) is 53.9 Å². The normalized spacial score (nSPS) is 10.1. The number of Topliss-reactive ketones (excluding diaryl/α,β-unsaturated/α-hetero) is 1. The Kier molecular flexibility index (Phi) is 3.62. The van der Waals surface area contributed by atoms with E-state index in [2.05, 4.69) is 9.97 Å². The molecule has 18 heavy (non-hydrogen) atoms. The molecule has 0 atom stereocenters. The zero-order chi connectivity index (χ0) is 13.0. The summed E-state index contributed by atoms with van der Waals surface area (Å²) >= 11 is 0. The molecule has 5 heteroatoms. The highest BCUT2D eigenvalue weighted by molar-refractivity contribution is 5.94. The summed E-state index contributed by atoms with van der Waals surface area (Å²) in [4.78, 5) is 19.0. The van der Waals surface area contributed by atoms with Crippen molar-refractivity contribution in [1.29, 1.82) is 0 Å². The molecule has 1 aromatic heterocycles. The van der Waals surface area contributed by atoms with Crippen molar-refractivity contribution in [3.8, 4) is 5.75 Å². The molecule has 0 N–H and O–H groups in total. The van der Waals surface area contributed by atoms with Crippen LogP contribution in [0.1, 0.15) is 23.1 Å². The first-order valence-electron chi connectivity index (χ1n) is 5.36. The molecule has 0 amide bonds. The summed E-state index contributed by atoms with van der Waals surface area (Å²) < 4.78 is 18.8. The van der Waals surface area contributed by atoms with Crippen molar-refractivity contribution < 1.29 is 13.9 Å². The number of halogens is 1. The molecule has 0 fully saturated rings. The van der Waals surface area contributed by atoms with Crippen molar-refractivity contribution in [2.75, 3.05) is 0 Å². The molecular weight excluding hydrogens is 235 g/mol. The lowest BCUT2D eigenvalue weighted by Gasteiger charge is -2.06. The summed E-state index contributed by atoms with van der Waals surface area (Å²) in [6, 6.07) is 5.79. The smallest absolute Gasteiger partial charge is 0.166 e. The predicted octanol–water partition coefficient (Wildman–Crippen LogP) is 2.40. The van der Waals surface area contributed by atoms with Crippen molar-refractivity contribution >= 4 is 5.78 Å². The maximum Gasteiger partial charge on any atom is 0.166 e. The third-order valence-corrected chi connectivity index (χ3v) is 2.31. The molecule has 4 nitrogen and oxygen atoms in total.